The summed E-state index contributed by atoms with van der Waals surface area (Å²) in [4.78, 5) is 2.50. The number of ether oxygens (including phenoxy) is 1. The van der Waals surface area contributed by atoms with Crippen molar-refractivity contribution in [2.24, 2.45) is 0 Å². The Hall–Kier alpha value is -1.22. The minimum absolute atomic E-state index is 0.733. The van der Waals surface area contributed by atoms with Gasteiger partial charge in [-0.05, 0) is 57.0 Å². The van der Waals surface area contributed by atoms with Crippen molar-refractivity contribution < 1.29 is 4.74 Å². The number of hydrogen-bond donors (Lipinski definition) is 1. The van der Waals surface area contributed by atoms with Crippen LogP contribution in [0.15, 0.2) is 18.2 Å². The minimum atomic E-state index is 0.733. The van der Waals surface area contributed by atoms with E-state index in [4.69, 9.17) is 10.5 Å². The largest absolute Gasteiger partial charge is 0.491 e. The summed E-state index contributed by atoms with van der Waals surface area (Å²) in [6, 6.07) is 5.92. The van der Waals surface area contributed by atoms with E-state index in [9.17, 15) is 0 Å². The van der Waals surface area contributed by atoms with Gasteiger partial charge in [-0.3, -0.25) is 0 Å². The van der Waals surface area contributed by atoms with Crippen molar-refractivity contribution in [3.05, 3.63) is 23.8 Å². The summed E-state index contributed by atoms with van der Waals surface area (Å²) >= 11 is 0. The second-order valence-electron chi connectivity index (χ2n) is 4.79. The highest BCUT2D eigenvalue weighted by atomic mass is 16.5. The zero-order chi connectivity index (χ0) is 12.1. The molecule has 1 heterocycles. The van der Waals surface area contributed by atoms with Crippen molar-refractivity contribution in [2.75, 3.05) is 32.0 Å². The van der Waals surface area contributed by atoms with Crippen molar-refractivity contribution >= 4 is 5.69 Å². The summed E-state index contributed by atoms with van der Waals surface area (Å²) in [5.74, 6) is 0.825. The molecule has 1 aromatic rings. The second-order valence-corrected chi connectivity index (χ2v) is 4.79. The van der Waals surface area contributed by atoms with Crippen LogP contribution in [0.4, 0.5) is 5.69 Å². The first-order valence-corrected chi connectivity index (χ1v) is 6.47. The fourth-order valence-corrected chi connectivity index (χ4v) is 2.24. The Morgan fingerprint density at radius 1 is 1.29 bits per heavy atom. The van der Waals surface area contributed by atoms with Gasteiger partial charge in [-0.1, -0.05) is 6.07 Å². The van der Waals surface area contributed by atoms with Gasteiger partial charge >= 0.3 is 0 Å². The summed E-state index contributed by atoms with van der Waals surface area (Å²) in [5, 5.41) is 0. The predicted molar refractivity (Wildman–Crippen MR) is 71.4 cm³/mol. The lowest BCUT2D eigenvalue weighted by atomic mass is 10.2. The van der Waals surface area contributed by atoms with Gasteiger partial charge in [0.05, 0.1) is 12.3 Å². The van der Waals surface area contributed by atoms with Crippen molar-refractivity contribution in [2.45, 2.75) is 26.2 Å². The van der Waals surface area contributed by atoms with E-state index in [1.807, 2.05) is 18.2 Å². The molecule has 1 fully saturated rings. The van der Waals surface area contributed by atoms with Crippen LogP contribution in [0.1, 0.15) is 24.8 Å². The molecular weight excluding hydrogens is 212 g/mol. The third-order valence-corrected chi connectivity index (χ3v) is 3.24. The SMILES string of the molecule is Cc1ccc(N)c(OCCCN2CCCC2)c1. The Bertz CT molecular complexity index is 359. The van der Waals surface area contributed by atoms with Crippen LogP contribution in [0, 0.1) is 6.92 Å². The summed E-state index contributed by atoms with van der Waals surface area (Å²) in [7, 11) is 0. The zero-order valence-electron chi connectivity index (χ0n) is 10.6. The van der Waals surface area contributed by atoms with E-state index in [0.717, 1.165) is 31.0 Å². The molecule has 1 aromatic carbocycles. The van der Waals surface area contributed by atoms with E-state index in [2.05, 4.69) is 11.8 Å². The quantitative estimate of drug-likeness (QED) is 0.628. The van der Waals surface area contributed by atoms with Crippen LogP contribution in [0.2, 0.25) is 0 Å². The summed E-state index contributed by atoms with van der Waals surface area (Å²) in [6.45, 7) is 6.46. The molecule has 0 atom stereocenters. The Morgan fingerprint density at radius 2 is 2.06 bits per heavy atom. The first-order chi connectivity index (χ1) is 8.25. The smallest absolute Gasteiger partial charge is 0.142 e. The number of nitrogen functional groups attached to an aromatic ring is 1. The van der Waals surface area contributed by atoms with E-state index in [0.29, 0.717) is 0 Å². The number of rotatable bonds is 5. The van der Waals surface area contributed by atoms with Gasteiger partial charge in [-0.25, -0.2) is 0 Å². The first-order valence-electron chi connectivity index (χ1n) is 6.47. The van der Waals surface area contributed by atoms with E-state index in [1.165, 1.54) is 31.5 Å². The third-order valence-electron chi connectivity index (χ3n) is 3.24. The highest BCUT2D eigenvalue weighted by molar-refractivity contribution is 5.53. The first kappa shape index (κ1) is 12.2. The molecule has 2 rings (SSSR count). The lowest BCUT2D eigenvalue weighted by Crippen LogP contribution is -2.22. The van der Waals surface area contributed by atoms with Gasteiger partial charge in [0.25, 0.3) is 0 Å². The molecule has 0 radical (unpaired) electrons. The molecule has 2 N–H and O–H groups in total. The lowest BCUT2D eigenvalue weighted by molar-refractivity contribution is 0.264. The van der Waals surface area contributed by atoms with Crippen LogP contribution in [-0.2, 0) is 0 Å². The van der Waals surface area contributed by atoms with Crippen molar-refractivity contribution in [1.82, 2.24) is 4.90 Å². The van der Waals surface area contributed by atoms with Gasteiger partial charge < -0.3 is 15.4 Å². The number of likely N-dealkylation sites (tertiary alicyclic amines) is 1. The summed E-state index contributed by atoms with van der Waals surface area (Å²) < 4.78 is 5.73. The molecule has 1 saturated heterocycles. The van der Waals surface area contributed by atoms with Crippen LogP contribution < -0.4 is 10.5 Å². The third kappa shape index (κ3) is 3.63. The average molecular weight is 234 g/mol. The topological polar surface area (TPSA) is 38.5 Å². The van der Waals surface area contributed by atoms with Gasteiger partial charge in [-0.15, -0.1) is 0 Å². The molecular formula is C14H22N2O. The van der Waals surface area contributed by atoms with Crippen molar-refractivity contribution in [3.63, 3.8) is 0 Å². The number of aryl methyl sites for hydroxylation is 1. The second kappa shape index (κ2) is 5.92. The average Bonchev–Trinajstić information content (AvgIpc) is 2.82. The molecule has 0 unspecified atom stereocenters. The standard InChI is InChI=1S/C14H22N2O/c1-12-5-6-13(15)14(11-12)17-10-4-9-16-7-2-3-8-16/h5-6,11H,2-4,7-10,15H2,1H3. The maximum atomic E-state index is 5.86. The predicted octanol–water partition coefficient (Wildman–Crippen LogP) is 2.44. The molecule has 1 aliphatic rings. The molecule has 0 spiro atoms. The van der Waals surface area contributed by atoms with Crippen LogP contribution in [0.25, 0.3) is 0 Å². The monoisotopic (exact) mass is 234 g/mol. The fourth-order valence-electron chi connectivity index (χ4n) is 2.24. The Morgan fingerprint density at radius 3 is 2.82 bits per heavy atom. The Kier molecular flexibility index (Phi) is 4.26. The Labute approximate surface area is 104 Å². The molecule has 0 aliphatic carbocycles. The number of anilines is 1. The molecule has 0 saturated carbocycles. The molecule has 1 aliphatic heterocycles. The zero-order valence-corrected chi connectivity index (χ0v) is 10.6. The molecule has 0 amide bonds. The highest BCUT2D eigenvalue weighted by Gasteiger charge is 2.10. The van der Waals surface area contributed by atoms with E-state index in [1.54, 1.807) is 0 Å². The van der Waals surface area contributed by atoms with Crippen molar-refractivity contribution in [3.8, 4) is 5.75 Å². The molecule has 17 heavy (non-hydrogen) atoms. The van der Waals surface area contributed by atoms with Gasteiger partial charge in [-0.2, -0.15) is 0 Å². The summed E-state index contributed by atoms with van der Waals surface area (Å²) in [5.41, 5.74) is 7.78. The number of nitrogens with zero attached hydrogens (tertiary/aromatic N) is 1. The van der Waals surface area contributed by atoms with E-state index >= 15 is 0 Å². The number of benzene rings is 1. The van der Waals surface area contributed by atoms with Crippen molar-refractivity contribution in [1.29, 1.82) is 0 Å². The molecule has 3 heteroatoms. The summed E-state index contributed by atoms with van der Waals surface area (Å²) in [6.07, 6.45) is 3.78. The molecule has 94 valence electrons. The lowest BCUT2D eigenvalue weighted by Gasteiger charge is -2.15. The van der Waals surface area contributed by atoms with Crippen LogP contribution in [0.5, 0.6) is 5.75 Å². The highest BCUT2D eigenvalue weighted by Crippen LogP contribution is 2.22. The van der Waals surface area contributed by atoms with Crippen LogP contribution >= 0.6 is 0 Å². The van der Waals surface area contributed by atoms with Gasteiger partial charge in [0.15, 0.2) is 0 Å². The maximum Gasteiger partial charge on any atom is 0.142 e. The van der Waals surface area contributed by atoms with E-state index in [-0.39, 0.29) is 0 Å². The molecule has 0 aromatic heterocycles. The fraction of sp³-hybridized carbons (Fsp3) is 0.571. The minimum Gasteiger partial charge on any atom is -0.491 e. The van der Waals surface area contributed by atoms with Crippen LogP contribution in [0.3, 0.4) is 0 Å². The van der Waals surface area contributed by atoms with Gasteiger partial charge in [0.2, 0.25) is 0 Å². The van der Waals surface area contributed by atoms with Gasteiger partial charge in [0.1, 0.15) is 5.75 Å². The number of hydrogen-bond acceptors (Lipinski definition) is 3. The van der Waals surface area contributed by atoms with Crippen LogP contribution in [-0.4, -0.2) is 31.1 Å². The normalized spacial score (nSPS) is 16.3. The van der Waals surface area contributed by atoms with Gasteiger partial charge in [0, 0.05) is 6.54 Å². The molecule has 0 bridgehead atoms. The molecule has 3 nitrogen and oxygen atoms in total. The number of nitrogens with two attached hydrogens (primary N) is 1. The maximum absolute atomic E-state index is 5.86. The van der Waals surface area contributed by atoms with E-state index < -0.39 is 0 Å². The Balaban J connectivity index is 1.72.